The van der Waals surface area contributed by atoms with Gasteiger partial charge in [-0.05, 0) is 12.1 Å². The largest absolute Gasteiger partial charge is 0.355 e. The van der Waals surface area contributed by atoms with E-state index < -0.39 is 0 Å². The fourth-order valence-corrected chi connectivity index (χ4v) is 1.60. The van der Waals surface area contributed by atoms with Crippen LogP contribution in [0.25, 0.3) is 5.52 Å². The minimum atomic E-state index is -0.127. The van der Waals surface area contributed by atoms with E-state index in [2.05, 4.69) is 26.3 Å². The Bertz CT molecular complexity index is 492. The van der Waals surface area contributed by atoms with Crippen LogP contribution < -0.4 is 5.32 Å². The Hall–Kier alpha value is -1.36. The summed E-state index contributed by atoms with van der Waals surface area (Å²) >= 11 is 3.35. The summed E-state index contributed by atoms with van der Waals surface area (Å²) in [6.07, 6.45) is 3.35. The summed E-state index contributed by atoms with van der Waals surface area (Å²) < 4.78 is 2.59. The van der Waals surface area contributed by atoms with E-state index in [1.807, 2.05) is 12.1 Å². The molecule has 2 heterocycles. The summed E-state index contributed by atoms with van der Waals surface area (Å²) in [5.41, 5.74) is 1.37. The van der Waals surface area contributed by atoms with Crippen molar-refractivity contribution in [2.45, 2.75) is 0 Å². The Morgan fingerprint density at radius 2 is 2.43 bits per heavy atom. The molecule has 0 aromatic carbocycles. The Labute approximate surface area is 89.0 Å². The molecule has 0 unspecified atom stereocenters. The first-order valence-electron chi connectivity index (χ1n) is 4.07. The van der Waals surface area contributed by atoms with E-state index in [1.165, 1.54) is 0 Å². The van der Waals surface area contributed by atoms with Crippen molar-refractivity contribution in [1.82, 2.24) is 14.9 Å². The van der Waals surface area contributed by atoms with Crippen molar-refractivity contribution in [3.8, 4) is 0 Å². The number of hydrogen-bond donors (Lipinski definition) is 1. The van der Waals surface area contributed by atoms with Gasteiger partial charge in [-0.15, -0.1) is 0 Å². The van der Waals surface area contributed by atoms with E-state index in [4.69, 9.17) is 0 Å². The molecule has 0 aliphatic carbocycles. The summed E-state index contributed by atoms with van der Waals surface area (Å²) in [5, 5.41) is 6.64. The molecule has 5 heteroatoms. The molecule has 14 heavy (non-hydrogen) atoms. The van der Waals surface area contributed by atoms with Gasteiger partial charge in [0.15, 0.2) is 0 Å². The predicted molar refractivity (Wildman–Crippen MR) is 56.3 cm³/mol. The van der Waals surface area contributed by atoms with Gasteiger partial charge < -0.3 is 5.32 Å². The highest BCUT2D eigenvalue weighted by Crippen LogP contribution is 2.16. The molecule has 0 radical (unpaired) electrons. The van der Waals surface area contributed by atoms with Crippen LogP contribution in [-0.2, 0) is 0 Å². The normalized spacial score (nSPS) is 10.4. The number of pyridine rings is 1. The van der Waals surface area contributed by atoms with Crippen LogP contribution in [0, 0.1) is 0 Å². The number of aromatic nitrogens is 2. The molecule has 1 N–H and O–H groups in total. The third kappa shape index (κ3) is 1.39. The second-order valence-electron chi connectivity index (χ2n) is 2.81. The van der Waals surface area contributed by atoms with Crippen LogP contribution in [0.2, 0.25) is 0 Å². The van der Waals surface area contributed by atoms with E-state index in [0.717, 1.165) is 9.99 Å². The van der Waals surface area contributed by atoms with Crippen LogP contribution in [-0.4, -0.2) is 22.6 Å². The Morgan fingerprint density at radius 1 is 1.64 bits per heavy atom. The first-order chi connectivity index (χ1) is 6.72. The Morgan fingerprint density at radius 3 is 3.14 bits per heavy atom. The molecule has 1 amide bonds. The molecular formula is C9H8BrN3O. The first kappa shape index (κ1) is 9.21. The number of halogens is 1. The van der Waals surface area contributed by atoms with E-state index in [1.54, 1.807) is 24.0 Å². The quantitative estimate of drug-likeness (QED) is 0.837. The third-order valence-electron chi connectivity index (χ3n) is 1.96. The highest BCUT2D eigenvalue weighted by atomic mass is 79.9. The second-order valence-corrected chi connectivity index (χ2v) is 3.73. The molecule has 0 spiro atoms. The van der Waals surface area contributed by atoms with Crippen LogP contribution >= 0.6 is 15.9 Å². The van der Waals surface area contributed by atoms with Gasteiger partial charge in [0, 0.05) is 17.7 Å². The topological polar surface area (TPSA) is 46.4 Å². The lowest BCUT2D eigenvalue weighted by Crippen LogP contribution is -2.17. The molecule has 0 aliphatic rings. The number of carbonyl (C=O) groups is 1. The van der Waals surface area contributed by atoms with Crippen molar-refractivity contribution < 1.29 is 4.79 Å². The Kier molecular flexibility index (Phi) is 2.25. The number of amides is 1. The molecule has 2 aromatic rings. The standard InChI is InChI=1S/C9H8BrN3O/c1-11-9(14)7-5-12-13-3-2-6(10)4-8(7)13/h2-5H,1H3,(H,11,14). The Balaban J connectivity index is 2.67. The maximum Gasteiger partial charge on any atom is 0.254 e. The van der Waals surface area contributed by atoms with Gasteiger partial charge in [-0.25, -0.2) is 4.52 Å². The SMILES string of the molecule is CNC(=O)c1cnn2ccc(Br)cc12. The average Bonchev–Trinajstić information content (AvgIpc) is 2.59. The van der Waals surface area contributed by atoms with Crippen LogP contribution in [0.1, 0.15) is 10.4 Å². The predicted octanol–water partition coefficient (Wildman–Crippen LogP) is 1.46. The second kappa shape index (κ2) is 3.42. The molecule has 2 rings (SSSR count). The smallest absolute Gasteiger partial charge is 0.254 e. The highest BCUT2D eigenvalue weighted by molar-refractivity contribution is 9.10. The average molecular weight is 254 g/mol. The van der Waals surface area contributed by atoms with E-state index in [9.17, 15) is 4.79 Å². The summed E-state index contributed by atoms with van der Waals surface area (Å²) in [6.45, 7) is 0. The fraction of sp³-hybridized carbons (Fsp3) is 0.111. The molecule has 72 valence electrons. The van der Waals surface area contributed by atoms with Crippen molar-refractivity contribution in [3.05, 3.63) is 34.6 Å². The van der Waals surface area contributed by atoms with E-state index >= 15 is 0 Å². The van der Waals surface area contributed by atoms with Gasteiger partial charge in [0.2, 0.25) is 0 Å². The summed E-state index contributed by atoms with van der Waals surface area (Å²) in [7, 11) is 1.60. The molecule has 0 bridgehead atoms. The van der Waals surface area contributed by atoms with Crippen LogP contribution in [0.5, 0.6) is 0 Å². The van der Waals surface area contributed by atoms with Crippen molar-refractivity contribution in [3.63, 3.8) is 0 Å². The monoisotopic (exact) mass is 253 g/mol. The number of nitrogens with one attached hydrogen (secondary N) is 1. The zero-order valence-electron chi connectivity index (χ0n) is 7.49. The molecule has 0 atom stereocenters. The van der Waals surface area contributed by atoms with Gasteiger partial charge in [-0.1, -0.05) is 15.9 Å². The van der Waals surface area contributed by atoms with Gasteiger partial charge in [0.25, 0.3) is 5.91 Å². The molecule has 0 aliphatic heterocycles. The number of rotatable bonds is 1. The van der Waals surface area contributed by atoms with Crippen LogP contribution in [0.4, 0.5) is 0 Å². The summed E-state index contributed by atoms with van der Waals surface area (Å²) in [5.74, 6) is -0.127. The maximum atomic E-state index is 11.4. The maximum absolute atomic E-state index is 11.4. The lowest BCUT2D eigenvalue weighted by molar-refractivity contribution is 0.0964. The minimum Gasteiger partial charge on any atom is -0.355 e. The molecule has 2 aromatic heterocycles. The molecule has 0 saturated carbocycles. The van der Waals surface area contributed by atoms with Crippen LogP contribution in [0.3, 0.4) is 0 Å². The van der Waals surface area contributed by atoms with Gasteiger partial charge in [-0.2, -0.15) is 5.10 Å². The van der Waals surface area contributed by atoms with Crippen molar-refractivity contribution in [2.75, 3.05) is 7.05 Å². The summed E-state index contributed by atoms with van der Waals surface area (Å²) in [4.78, 5) is 11.4. The molecular weight excluding hydrogens is 246 g/mol. The number of nitrogens with zero attached hydrogens (tertiary/aromatic N) is 2. The van der Waals surface area contributed by atoms with Crippen LogP contribution in [0.15, 0.2) is 29.0 Å². The first-order valence-corrected chi connectivity index (χ1v) is 4.86. The minimum absolute atomic E-state index is 0.127. The molecule has 0 fully saturated rings. The lowest BCUT2D eigenvalue weighted by atomic mass is 10.2. The fourth-order valence-electron chi connectivity index (χ4n) is 1.26. The van der Waals surface area contributed by atoms with E-state index in [-0.39, 0.29) is 5.91 Å². The van der Waals surface area contributed by atoms with Gasteiger partial charge in [-0.3, -0.25) is 4.79 Å². The molecule has 4 nitrogen and oxygen atoms in total. The molecule has 0 saturated heterocycles. The zero-order chi connectivity index (χ0) is 10.1. The van der Waals surface area contributed by atoms with Crippen molar-refractivity contribution >= 4 is 27.4 Å². The lowest BCUT2D eigenvalue weighted by Gasteiger charge is -1.97. The number of carbonyl (C=O) groups excluding carboxylic acids is 1. The van der Waals surface area contributed by atoms with Gasteiger partial charge in [0.1, 0.15) is 0 Å². The highest BCUT2D eigenvalue weighted by Gasteiger charge is 2.10. The van der Waals surface area contributed by atoms with E-state index in [0.29, 0.717) is 5.56 Å². The number of fused-ring (bicyclic) bond motifs is 1. The number of hydrogen-bond acceptors (Lipinski definition) is 2. The summed E-state index contributed by atoms with van der Waals surface area (Å²) in [6, 6.07) is 3.73. The van der Waals surface area contributed by atoms with Gasteiger partial charge in [0.05, 0.1) is 17.3 Å². The zero-order valence-corrected chi connectivity index (χ0v) is 9.08. The third-order valence-corrected chi connectivity index (χ3v) is 2.45. The van der Waals surface area contributed by atoms with Gasteiger partial charge >= 0.3 is 0 Å². The van der Waals surface area contributed by atoms with Crippen molar-refractivity contribution in [1.29, 1.82) is 0 Å². The van der Waals surface area contributed by atoms with Crippen molar-refractivity contribution in [2.24, 2.45) is 0 Å².